The number of nitrogens with one attached hydrogen (secondary N) is 1. The Labute approximate surface area is 78.4 Å². The molecule has 12 heavy (non-hydrogen) atoms. The van der Waals surface area contributed by atoms with E-state index in [-0.39, 0.29) is 12.5 Å². The summed E-state index contributed by atoms with van der Waals surface area (Å²) in [5.41, 5.74) is 4.75. The van der Waals surface area contributed by atoms with Gasteiger partial charge in [0, 0.05) is 11.8 Å². The average Bonchev–Trinajstić information content (AvgIpc) is 2.00. The predicted molar refractivity (Wildman–Crippen MR) is 46.6 cm³/mol. The third-order valence-electron chi connectivity index (χ3n) is 1.14. The zero-order valence-corrected chi connectivity index (χ0v) is 8.00. The van der Waals surface area contributed by atoms with Crippen molar-refractivity contribution in [3.8, 4) is 0 Å². The first-order chi connectivity index (χ1) is 5.57. The fourth-order valence-corrected chi connectivity index (χ4v) is 0.845. The summed E-state index contributed by atoms with van der Waals surface area (Å²) in [6.45, 7) is -0.124. The lowest BCUT2D eigenvalue weighted by atomic mass is 10.3. The van der Waals surface area contributed by atoms with Gasteiger partial charge in [0.2, 0.25) is 11.8 Å². The minimum absolute atomic E-state index is 0.124. The number of carbonyl (C=O) groups is 2. The molecule has 1 unspecified atom stereocenters. The van der Waals surface area contributed by atoms with E-state index >= 15 is 0 Å². The minimum atomic E-state index is -1.30. The van der Waals surface area contributed by atoms with Crippen molar-refractivity contribution in [3.63, 3.8) is 0 Å². The number of aliphatic hydroxyl groups is 1. The number of hydrogen-bond acceptors (Lipinski definition) is 3. The van der Waals surface area contributed by atoms with Crippen molar-refractivity contribution in [2.24, 2.45) is 5.73 Å². The second kappa shape index (κ2) is 5.96. The van der Waals surface area contributed by atoms with Crippen molar-refractivity contribution in [2.45, 2.75) is 12.5 Å². The van der Waals surface area contributed by atoms with E-state index in [1.54, 1.807) is 0 Å². The molecule has 0 aliphatic carbocycles. The van der Waals surface area contributed by atoms with E-state index in [1.165, 1.54) is 0 Å². The van der Waals surface area contributed by atoms with E-state index in [0.717, 1.165) is 0 Å². The van der Waals surface area contributed by atoms with Crippen molar-refractivity contribution >= 4 is 27.7 Å². The number of nitrogens with two attached hydrogens (primary N) is 1. The molecule has 4 N–H and O–H groups in total. The number of halogens is 1. The van der Waals surface area contributed by atoms with Crippen LogP contribution >= 0.6 is 15.9 Å². The van der Waals surface area contributed by atoms with Crippen LogP contribution in [0.3, 0.4) is 0 Å². The molecule has 0 fully saturated rings. The highest BCUT2D eigenvalue weighted by Crippen LogP contribution is 1.87. The van der Waals surface area contributed by atoms with Crippen molar-refractivity contribution in [1.82, 2.24) is 5.32 Å². The maximum Gasteiger partial charge on any atom is 0.248 e. The molecule has 0 aliphatic rings. The zero-order chi connectivity index (χ0) is 9.56. The normalized spacial score (nSPS) is 12.2. The first kappa shape index (κ1) is 11.4. The fourth-order valence-electron chi connectivity index (χ4n) is 0.485. The van der Waals surface area contributed by atoms with Gasteiger partial charge in [0.15, 0.2) is 0 Å². The first-order valence-electron chi connectivity index (χ1n) is 3.38. The molecular weight excluding hydrogens is 228 g/mol. The first-order valence-corrected chi connectivity index (χ1v) is 4.50. The predicted octanol–water partition coefficient (Wildman–Crippen LogP) is -1.27. The second-order valence-electron chi connectivity index (χ2n) is 2.16. The lowest BCUT2D eigenvalue weighted by Crippen LogP contribution is -2.39. The maximum absolute atomic E-state index is 10.8. The zero-order valence-electron chi connectivity index (χ0n) is 6.42. The topological polar surface area (TPSA) is 92.4 Å². The van der Waals surface area contributed by atoms with Crippen LogP contribution in [0, 0.1) is 0 Å². The molecule has 0 aromatic heterocycles. The van der Waals surface area contributed by atoms with Crippen molar-refractivity contribution in [1.29, 1.82) is 0 Å². The number of primary amides is 1. The van der Waals surface area contributed by atoms with Gasteiger partial charge in [-0.1, -0.05) is 15.9 Å². The molecule has 0 saturated carbocycles. The van der Waals surface area contributed by atoms with Gasteiger partial charge in [0.25, 0.3) is 0 Å². The minimum Gasteiger partial charge on any atom is -0.381 e. The van der Waals surface area contributed by atoms with Crippen LogP contribution < -0.4 is 11.1 Å². The summed E-state index contributed by atoms with van der Waals surface area (Å²) in [5, 5.41) is 11.7. The molecule has 0 aromatic carbocycles. The van der Waals surface area contributed by atoms with Crippen LogP contribution in [0.4, 0.5) is 0 Å². The molecule has 0 radical (unpaired) electrons. The lowest BCUT2D eigenvalue weighted by molar-refractivity contribution is -0.126. The largest absolute Gasteiger partial charge is 0.381 e. The SMILES string of the molecule is NC(=O)C(O)CNC(=O)CCBr. The monoisotopic (exact) mass is 238 g/mol. The van der Waals surface area contributed by atoms with Crippen LogP contribution in [-0.2, 0) is 9.59 Å². The summed E-state index contributed by atoms with van der Waals surface area (Å²) in [7, 11) is 0. The number of alkyl halides is 1. The van der Waals surface area contributed by atoms with E-state index in [1.807, 2.05) is 0 Å². The molecule has 0 aromatic rings. The highest BCUT2D eigenvalue weighted by Gasteiger charge is 2.11. The lowest BCUT2D eigenvalue weighted by Gasteiger charge is -2.06. The number of hydrogen-bond donors (Lipinski definition) is 3. The molecular formula is C6H11BrN2O3. The summed E-state index contributed by atoms with van der Waals surface area (Å²) in [6, 6.07) is 0. The molecule has 0 rings (SSSR count). The number of amides is 2. The fraction of sp³-hybridized carbons (Fsp3) is 0.667. The Morgan fingerprint density at radius 2 is 2.17 bits per heavy atom. The molecule has 1 atom stereocenters. The summed E-state index contributed by atoms with van der Waals surface area (Å²) in [6.07, 6.45) is -0.991. The molecule has 0 spiro atoms. The Morgan fingerprint density at radius 1 is 1.58 bits per heavy atom. The van der Waals surface area contributed by atoms with Crippen LogP contribution in [0.15, 0.2) is 0 Å². The van der Waals surface area contributed by atoms with E-state index in [9.17, 15) is 9.59 Å². The number of carbonyl (C=O) groups excluding carboxylic acids is 2. The van der Waals surface area contributed by atoms with E-state index in [2.05, 4.69) is 21.2 Å². The Kier molecular flexibility index (Phi) is 5.65. The van der Waals surface area contributed by atoms with Gasteiger partial charge in [0.05, 0.1) is 6.54 Å². The van der Waals surface area contributed by atoms with Gasteiger partial charge in [0.1, 0.15) is 6.10 Å². The molecule has 0 saturated heterocycles. The van der Waals surface area contributed by atoms with Crippen LogP contribution in [0.1, 0.15) is 6.42 Å². The summed E-state index contributed by atoms with van der Waals surface area (Å²) >= 11 is 3.07. The summed E-state index contributed by atoms with van der Waals surface area (Å²) in [5.74, 6) is -1.07. The van der Waals surface area contributed by atoms with Gasteiger partial charge in [-0.3, -0.25) is 9.59 Å². The third-order valence-corrected chi connectivity index (χ3v) is 1.54. The van der Waals surface area contributed by atoms with Crippen LogP contribution in [-0.4, -0.2) is 34.9 Å². The average molecular weight is 239 g/mol. The molecule has 5 nitrogen and oxygen atoms in total. The van der Waals surface area contributed by atoms with E-state index in [0.29, 0.717) is 11.8 Å². The Morgan fingerprint density at radius 3 is 2.58 bits per heavy atom. The highest BCUT2D eigenvalue weighted by molar-refractivity contribution is 9.09. The maximum atomic E-state index is 10.8. The van der Waals surface area contributed by atoms with Gasteiger partial charge in [-0.2, -0.15) is 0 Å². The van der Waals surface area contributed by atoms with Gasteiger partial charge < -0.3 is 16.2 Å². The Bertz CT molecular complexity index is 174. The molecule has 2 amide bonds. The van der Waals surface area contributed by atoms with Crippen molar-refractivity contribution < 1.29 is 14.7 Å². The van der Waals surface area contributed by atoms with E-state index < -0.39 is 12.0 Å². The standard InChI is InChI=1S/C6H11BrN2O3/c7-2-1-5(11)9-3-4(10)6(8)12/h4,10H,1-3H2,(H2,8,12)(H,9,11). The van der Waals surface area contributed by atoms with Gasteiger partial charge in [-0.15, -0.1) is 0 Å². The van der Waals surface area contributed by atoms with Crippen LogP contribution in [0.25, 0.3) is 0 Å². The van der Waals surface area contributed by atoms with Gasteiger partial charge in [-0.25, -0.2) is 0 Å². The third kappa shape index (κ3) is 5.09. The summed E-state index contributed by atoms with van der Waals surface area (Å²) in [4.78, 5) is 21.0. The van der Waals surface area contributed by atoms with Crippen LogP contribution in [0.2, 0.25) is 0 Å². The van der Waals surface area contributed by atoms with Crippen molar-refractivity contribution in [2.75, 3.05) is 11.9 Å². The van der Waals surface area contributed by atoms with Gasteiger partial charge in [-0.05, 0) is 0 Å². The Balaban J connectivity index is 3.54. The summed E-state index contributed by atoms with van der Waals surface area (Å²) < 4.78 is 0. The molecule has 70 valence electrons. The van der Waals surface area contributed by atoms with Crippen LogP contribution in [0.5, 0.6) is 0 Å². The molecule has 0 heterocycles. The highest BCUT2D eigenvalue weighted by atomic mass is 79.9. The smallest absolute Gasteiger partial charge is 0.248 e. The van der Waals surface area contributed by atoms with Crippen molar-refractivity contribution in [3.05, 3.63) is 0 Å². The number of aliphatic hydroxyl groups excluding tert-OH is 1. The second-order valence-corrected chi connectivity index (χ2v) is 2.95. The molecule has 0 bridgehead atoms. The quantitative estimate of drug-likeness (QED) is 0.522. The molecule has 6 heteroatoms. The Hall–Kier alpha value is -0.620. The van der Waals surface area contributed by atoms with Gasteiger partial charge >= 0.3 is 0 Å². The van der Waals surface area contributed by atoms with E-state index in [4.69, 9.17) is 10.8 Å². The molecule has 0 aliphatic heterocycles. The number of rotatable bonds is 5.